The molecule has 0 bridgehead atoms. The van der Waals surface area contributed by atoms with Gasteiger partial charge in [-0.2, -0.15) is 0 Å². The number of alkyl halides is 1. The molecule has 0 saturated carbocycles. The van der Waals surface area contributed by atoms with E-state index in [-0.39, 0.29) is 5.56 Å². The van der Waals surface area contributed by atoms with Gasteiger partial charge in [-0.3, -0.25) is 0 Å². The Morgan fingerprint density at radius 2 is 1.47 bits per heavy atom. The van der Waals surface area contributed by atoms with E-state index in [0.717, 1.165) is 10.5 Å². The molecule has 0 aliphatic heterocycles. The zero-order chi connectivity index (χ0) is 14.2. The van der Waals surface area contributed by atoms with Gasteiger partial charge in [0.15, 0.2) is 11.6 Å². The second-order valence-corrected chi connectivity index (χ2v) is 6.02. The van der Waals surface area contributed by atoms with E-state index in [1.54, 1.807) is 18.2 Å². The van der Waals surface area contributed by atoms with Crippen molar-refractivity contribution in [2.24, 2.45) is 0 Å². The summed E-state index contributed by atoms with van der Waals surface area (Å²) < 4.78 is 41.2. The summed E-state index contributed by atoms with van der Waals surface area (Å²) in [7, 11) is 0. The largest absolute Gasteiger partial charge is 0.207 e. The van der Waals surface area contributed by atoms with Gasteiger partial charge in [0.25, 0.3) is 0 Å². The molecule has 0 heterocycles. The van der Waals surface area contributed by atoms with Gasteiger partial charge in [-0.15, -0.1) is 11.6 Å². The maximum absolute atomic E-state index is 13.7. The van der Waals surface area contributed by atoms with Gasteiger partial charge in [-0.25, -0.2) is 13.2 Å². The van der Waals surface area contributed by atoms with E-state index in [2.05, 4.69) is 31.9 Å². The number of hydrogen-bond donors (Lipinski definition) is 0. The van der Waals surface area contributed by atoms with Crippen LogP contribution in [0.5, 0.6) is 0 Å². The van der Waals surface area contributed by atoms with Crippen LogP contribution in [0, 0.1) is 17.5 Å². The molecule has 0 fully saturated rings. The molecule has 0 saturated heterocycles. The van der Waals surface area contributed by atoms with Crippen LogP contribution in [0.15, 0.2) is 39.3 Å². The Morgan fingerprint density at radius 1 is 0.842 bits per heavy atom. The average molecular weight is 414 g/mol. The highest BCUT2D eigenvalue weighted by Gasteiger charge is 2.20. The lowest BCUT2D eigenvalue weighted by atomic mass is 10.0. The predicted octanol–water partition coefficient (Wildman–Crippen LogP) is 5.96. The minimum absolute atomic E-state index is 0.108. The maximum atomic E-state index is 13.7. The van der Waals surface area contributed by atoms with Crippen molar-refractivity contribution >= 4 is 43.5 Å². The van der Waals surface area contributed by atoms with Gasteiger partial charge in [0, 0.05) is 20.6 Å². The van der Waals surface area contributed by atoms with Crippen molar-refractivity contribution in [3.05, 3.63) is 67.9 Å². The van der Waals surface area contributed by atoms with Crippen LogP contribution in [-0.2, 0) is 0 Å². The zero-order valence-electron chi connectivity index (χ0n) is 9.23. The lowest BCUT2D eigenvalue weighted by molar-refractivity contribution is 0.490. The first-order chi connectivity index (χ1) is 8.90. The lowest BCUT2D eigenvalue weighted by Crippen LogP contribution is -2.01. The van der Waals surface area contributed by atoms with Crippen LogP contribution in [0.2, 0.25) is 0 Å². The summed E-state index contributed by atoms with van der Waals surface area (Å²) in [6.07, 6.45) is 0. The minimum atomic E-state index is -1.24. The lowest BCUT2D eigenvalue weighted by Gasteiger charge is -2.14. The Hall–Kier alpha value is -0.520. The summed E-state index contributed by atoms with van der Waals surface area (Å²) in [6.45, 7) is 0. The predicted molar refractivity (Wildman–Crippen MR) is 75.9 cm³/mol. The van der Waals surface area contributed by atoms with Crippen molar-refractivity contribution < 1.29 is 13.2 Å². The van der Waals surface area contributed by atoms with E-state index >= 15 is 0 Å². The highest BCUT2D eigenvalue weighted by Crippen LogP contribution is 2.36. The molecule has 2 aromatic carbocycles. The first-order valence-corrected chi connectivity index (χ1v) is 7.16. The van der Waals surface area contributed by atoms with Crippen LogP contribution in [0.4, 0.5) is 13.2 Å². The molecule has 0 aromatic heterocycles. The molecule has 19 heavy (non-hydrogen) atoms. The number of halogens is 6. The molecule has 0 radical (unpaired) electrons. The van der Waals surface area contributed by atoms with Crippen LogP contribution in [0.1, 0.15) is 16.5 Å². The fourth-order valence-electron chi connectivity index (χ4n) is 1.61. The summed E-state index contributed by atoms with van der Waals surface area (Å²) >= 11 is 12.7. The van der Waals surface area contributed by atoms with E-state index in [0.29, 0.717) is 16.1 Å². The van der Waals surface area contributed by atoms with E-state index in [1.807, 2.05) is 0 Å². The summed E-state index contributed by atoms with van der Waals surface area (Å²) in [5.74, 6) is -3.25. The topological polar surface area (TPSA) is 0 Å². The fraction of sp³-hybridized carbons (Fsp3) is 0.0769. The van der Waals surface area contributed by atoms with Gasteiger partial charge in [-0.05, 0) is 23.8 Å². The Kier molecular flexibility index (Phi) is 4.58. The summed E-state index contributed by atoms with van der Waals surface area (Å²) in [5, 5.41) is -0.919. The molecule has 0 aliphatic rings. The average Bonchev–Trinajstić information content (AvgIpc) is 2.33. The molecule has 2 rings (SSSR count). The van der Waals surface area contributed by atoms with Crippen molar-refractivity contribution in [1.29, 1.82) is 0 Å². The number of rotatable bonds is 2. The Labute approximate surface area is 129 Å². The van der Waals surface area contributed by atoms with E-state index in [9.17, 15) is 13.2 Å². The first kappa shape index (κ1) is 14.9. The van der Waals surface area contributed by atoms with Crippen LogP contribution in [-0.4, -0.2) is 0 Å². The molecule has 0 amide bonds. The summed E-state index contributed by atoms with van der Waals surface area (Å²) in [4.78, 5) is 0. The molecular weight excluding hydrogens is 408 g/mol. The molecule has 1 atom stereocenters. The Balaban J connectivity index is 2.49. The van der Waals surface area contributed by atoms with Crippen LogP contribution in [0.3, 0.4) is 0 Å². The third kappa shape index (κ3) is 3.15. The van der Waals surface area contributed by atoms with Gasteiger partial charge in [0.05, 0.1) is 5.38 Å². The standard InChI is InChI=1S/C13H6Br2ClF3/c14-6-1-2-7(9(15)3-6)13(16)8-4-11(18)12(19)5-10(8)17/h1-5,13H. The Morgan fingerprint density at radius 3 is 2.11 bits per heavy atom. The van der Waals surface area contributed by atoms with Crippen LogP contribution in [0.25, 0.3) is 0 Å². The molecule has 1 unspecified atom stereocenters. The highest BCUT2D eigenvalue weighted by molar-refractivity contribution is 9.11. The molecule has 100 valence electrons. The van der Waals surface area contributed by atoms with Gasteiger partial charge >= 0.3 is 0 Å². The van der Waals surface area contributed by atoms with Crippen molar-refractivity contribution in [1.82, 2.24) is 0 Å². The number of benzene rings is 2. The van der Waals surface area contributed by atoms with Crippen molar-refractivity contribution in [2.75, 3.05) is 0 Å². The van der Waals surface area contributed by atoms with E-state index in [4.69, 9.17) is 11.6 Å². The van der Waals surface area contributed by atoms with Crippen LogP contribution < -0.4 is 0 Å². The monoisotopic (exact) mass is 412 g/mol. The van der Waals surface area contributed by atoms with E-state index < -0.39 is 22.8 Å². The second kappa shape index (κ2) is 5.85. The van der Waals surface area contributed by atoms with Gasteiger partial charge in [0.1, 0.15) is 5.82 Å². The molecule has 6 heteroatoms. The second-order valence-electron chi connectivity index (χ2n) is 3.82. The third-order valence-corrected chi connectivity index (χ3v) is 4.20. The van der Waals surface area contributed by atoms with Gasteiger partial charge < -0.3 is 0 Å². The molecule has 0 N–H and O–H groups in total. The molecule has 2 aromatic rings. The third-order valence-electron chi connectivity index (χ3n) is 2.55. The smallest absolute Gasteiger partial charge is 0.161 e. The van der Waals surface area contributed by atoms with E-state index in [1.165, 1.54) is 0 Å². The molecule has 0 nitrogen and oxygen atoms in total. The highest BCUT2D eigenvalue weighted by atomic mass is 79.9. The van der Waals surface area contributed by atoms with Crippen LogP contribution >= 0.6 is 43.5 Å². The quantitative estimate of drug-likeness (QED) is 0.420. The molecular formula is C13H6Br2ClF3. The maximum Gasteiger partial charge on any atom is 0.161 e. The van der Waals surface area contributed by atoms with Crippen molar-refractivity contribution in [2.45, 2.75) is 5.38 Å². The first-order valence-electron chi connectivity index (χ1n) is 5.13. The summed E-state index contributed by atoms with van der Waals surface area (Å²) in [5.41, 5.74) is 0.457. The molecule has 0 spiro atoms. The van der Waals surface area contributed by atoms with Gasteiger partial charge in [0.2, 0.25) is 0 Å². The normalized spacial score (nSPS) is 12.5. The summed E-state index contributed by atoms with van der Waals surface area (Å²) in [6, 6.07) is 6.41. The molecule has 0 aliphatic carbocycles. The minimum Gasteiger partial charge on any atom is -0.207 e. The fourth-order valence-corrected chi connectivity index (χ4v) is 3.37. The van der Waals surface area contributed by atoms with Crippen molar-refractivity contribution in [3.8, 4) is 0 Å². The van der Waals surface area contributed by atoms with Gasteiger partial charge in [-0.1, -0.05) is 37.9 Å². The SMILES string of the molecule is Fc1cc(F)c(C(Cl)c2ccc(Br)cc2Br)cc1F. The van der Waals surface area contributed by atoms with Crippen molar-refractivity contribution in [3.63, 3.8) is 0 Å². The number of hydrogen-bond acceptors (Lipinski definition) is 0. The zero-order valence-corrected chi connectivity index (χ0v) is 13.2. The Bertz CT molecular complexity index is 632.